The van der Waals surface area contributed by atoms with Crippen molar-refractivity contribution in [3.05, 3.63) is 41.7 Å². The maximum Gasteiger partial charge on any atom is 0.320 e. The predicted octanol–water partition coefficient (Wildman–Crippen LogP) is 1.01. The van der Waals surface area contributed by atoms with Gasteiger partial charge < -0.3 is 5.32 Å². The molecule has 2 N–H and O–H groups in total. The van der Waals surface area contributed by atoms with Crippen LogP contribution in [0.4, 0.5) is 8.78 Å². The van der Waals surface area contributed by atoms with Crippen molar-refractivity contribution in [1.82, 2.24) is 35.1 Å². The molecule has 0 amide bonds. The fourth-order valence-electron chi connectivity index (χ4n) is 2.52. The summed E-state index contributed by atoms with van der Waals surface area (Å²) in [5.41, 5.74) is 1.13. The van der Waals surface area contributed by atoms with Gasteiger partial charge in [-0.3, -0.25) is 9.12 Å². The molecule has 0 saturated heterocycles. The average molecular weight is 399 g/mol. The molecule has 4 rings (SSSR count). The van der Waals surface area contributed by atoms with Crippen LogP contribution in [0.5, 0.6) is 0 Å². The molecule has 0 atom stereocenters. The molecular weight excluding hydrogens is 384 g/mol. The fourth-order valence-corrected chi connectivity index (χ4v) is 3.02. The van der Waals surface area contributed by atoms with E-state index in [2.05, 4.69) is 25.8 Å². The second kappa shape index (κ2) is 7.46. The second-order valence-electron chi connectivity index (χ2n) is 5.49. The summed E-state index contributed by atoms with van der Waals surface area (Å²) in [6, 6.07) is 7.42. The van der Waals surface area contributed by atoms with E-state index < -0.39 is 16.7 Å². The highest BCUT2D eigenvalue weighted by Gasteiger charge is 2.28. The van der Waals surface area contributed by atoms with E-state index in [0.29, 0.717) is 24.5 Å². The molecule has 3 heterocycles. The minimum Gasteiger partial charge on any atom is -0.305 e. The number of hydrogen-bond acceptors (Lipinski definition) is 7. The molecular formula is C14H15F2N7O3S. The third-order valence-corrected chi connectivity index (χ3v) is 4.60. The van der Waals surface area contributed by atoms with Crippen LogP contribution in [0, 0.1) is 0 Å². The first-order chi connectivity index (χ1) is 12.8. The van der Waals surface area contributed by atoms with Gasteiger partial charge in [0.2, 0.25) is 5.82 Å². The van der Waals surface area contributed by atoms with Crippen molar-refractivity contribution in [2.45, 2.75) is 24.5 Å². The van der Waals surface area contributed by atoms with E-state index in [1.54, 1.807) is 25.2 Å². The molecule has 0 saturated carbocycles. The summed E-state index contributed by atoms with van der Waals surface area (Å²) < 4.78 is 57.6. The Labute approximate surface area is 152 Å². The molecule has 10 nitrogen and oxygen atoms in total. The van der Waals surface area contributed by atoms with E-state index >= 15 is 0 Å². The van der Waals surface area contributed by atoms with E-state index in [1.165, 1.54) is 16.8 Å². The first-order valence-corrected chi connectivity index (χ1v) is 9.07. The van der Waals surface area contributed by atoms with Gasteiger partial charge in [0, 0.05) is 20.1 Å². The first kappa shape index (κ1) is 19.0. The van der Waals surface area contributed by atoms with E-state index in [-0.39, 0.29) is 16.5 Å². The van der Waals surface area contributed by atoms with Gasteiger partial charge >= 0.3 is 6.55 Å². The number of aryl methyl sites for hydroxylation is 1. The van der Waals surface area contributed by atoms with Crippen LogP contribution in [0.2, 0.25) is 0 Å². The van der Waals surface area contributed by atoms with Crippen molar-refractivity contribution in [3.63, 3.8) is 0 Å². The Morgan fingerprint density at radius 2 is 1.89 bits per heavy atom. The van der Waals surface area contributed by atoms with Gasteiger partial charge in [0.1, 0.15) is 0 Å². The third-order valence-electron chi connectivity index (χ3n) is 3.73. The van der Waals surface area contributed by atoms with Gasteiger partial charge in [-0.05, 0) is 22.6 Å². The van der Waals surface area contributed by atoms with Crippen molar-refractivity contribution in [2.75, 3.05) is 0 Å². The molecule has 0 aliphatic carbocycles. The standard InChI is InChI=1S/C8H9F2N7.C6H6O3S/c1-16-7(13-14-15-16)6-12-4-2-11-3-5(4)17(6)8(9)10;7-10(8,9)6-4-2-1-3-5-6/h8,11H,2-3H2,1H3;1-5H,(H,7,8,9). The summed E-state index contributed by atoms with van der Waals surface area (Å²) in [4.78, 5) is 4.10. The van der Waals surface area contributed by atoms with Crippen LogP contribution in [0.3, 0.4) is 0 Å². The van der Waals surface area contributed by atoms with Gasteiger partial charge in [-0.25, -0.2) is 9.67 Å². The summed E-state index contributed by atoms with van der Waals surface area (Å²) in [5, 5.41) is 13.7. The molecule has 144 valence electrons. The molecule has 3 aromatic rings. The van der Waals surface area contributed by atoms with Crippen LogP contribution in [0.25, 0.3) is 11.6 Å². The van der Waals surface area contributed by atoms with E-state index in [0.717, 1.165) is 4.57 Å². The Hall–Kier alpha value is -2.77. The molecule has 1 aliphatic heterocycles. The normalized spacial score (nSPS) is 13.4. The number of fused-ring (bicyclic) bond motifs is 1. The van der Waals surface area contributed by atoms with Gasteiger partial charge in [-0.15, -0.1) is 5.10 Å². The Morgan fingerprint density at radius 3 is 2.41 bits per heavy atom. The number of benzene rings is 1. The summed E-state index contributed by atoms with van der Waals surface area (Å²) in [7, 11) is -2.42. The summed E-state index contributed by atoms with van der Waals surface area (Å²) in [6.07, 6.45) is 0. The fraction of sp³-hybridized carbons (Fsp3) is 0.286. The van der Waals surface area contributed by atoms with Crippen LogP contribution in [-0.2, 0) is 30.3 Å². The molecule has 2 aromatic heterocycles. The van der Waals surface area contributed by atoms with Gasteiger partial charge in [-0.2, -0.15) is 17.2 Å². The summed E-state index contributed by atoms with van der Waals surface area (Å²) in [5.74, 6) is 0.346. The van der Waals surface area contributed by atoms with E-state index in [1.807, 2.05) is 0 Å². The largest absolute Gasteiger partial charge is 0.320 e. The van der Waals surface area contributed by atoms with Crippen molar-refractivity contribution in [2.24, 2.45) is 7.05 Å². The molecule has 0 fully saturated rings. The van der Waals surface area contributed by atoms with E-state index in [4.69, 9.17) is 4.55 Å². The minimum absolute atomic E-state index is 0.0741. The summed E-state index contributed by atoms with van der Waals surface area (Å²) in [6.45, 7) is -1.77. The molecule has 1 aromatic carbocycles. The molecule has 13 heteroatoms. The van der Waals surface area contributed by atoms with Crippen LogP contribution in [0.15, 0.2) is 35.2 Å². The van der Waals surface area contributed by atoms with Crippen molar-refractivity contribution in [1.29, 1.82) is 0 Å². The number of nitrogens with one attached hydrogen (secondary N) is 1. The van der Waals surface area contributed by atoms with Crippen LogP contribution < -0.4 is 5.32 Å². The highest BCUT2D eigenvalue weighted by molar-refractivity contribution is 7.85. The van der Waals surface area contributed by atoms with Gasteiger partial charge in [-0.1, -0.05) is 18.2 Å². The zero-order chi connectivity index (χ0) is 19.6. The van der Waals surface area contributed by atoms with Crippen molar-refractivity contribution in [3.8, 4) is 11.6 Å². The smallest absolute Gasteiger partial charge is 0.305 e. The quantitative estimate of drug-likeness (QED) is 0.625. The monoisotopic (exact) mass is 399 g/mol. The molecule has 0 unspecified atom stereocenters. The number of aromatic nitrogens is 6. The lowest BCUT2D eigenvalue weighted by Gasteiger charge is -2.08. The molecule has 0 bridgehead atoms. The number of imidazole rings is 1. The van der Waals surface area contributed by atoms with Crippen molar-refractivity contribution < 1.29 is 21.8 Å². The Balaban J connectivity index is 0.000000180. The molecule has 0 radical (unpaired) electrons. The first-order valence-electron chi connectivity index (χ1n) is 7.63. The van der Waals surface area contributed by atoms with Gasteiger partial charge in [0.05, 0.1) is 16.3 Å². The lowest BCUT2D eigenvalue weighted by Crippen LogP contribution is -2.11. The predicted molar refractivity (Wildman–Crippen MR) is 88.1 cm³/mol. The Morgan fingerprint density at radius 1 is 1.19 bits per heavy atom. The van der Waals surface area contributed by atoms with Crippen LogP contribution in [-0.4, -0.2) is 42.7 Å². The zero-order valence-electron chi connectivity index (χ0n) is 14.0. The highest BCUT2D eigenvalue weighted by Crippen LogP contribution is 2.28. The van der Waals surface area contributed by atoms with Gasteiger partial charge in [0.15, 0.2) is 5.82 Å². The number of nitrogens with zero attached hydrogens (tertiary/aromatic N) is 6. The maximum atomic E-state index is 13.1. The summed E-state index contributed by atoms with van der Waals surface area (Å²) >= 11 is 0. The Kier molecular flexibility index (Phi) is 5.25. The number of halogens is 2. The molecule has 1 aliphatic rings. The number of tetrazole rings is 1. The number of rotatable bonds is 3. The Bertz CT molecular complexity index is 1030. The number of alkyl halides is 2. The van der Waals surface area contributed by atoms with Crippen LogP contribution >= 0.6 is 0 Å². The minimum atomic E-state index is -4.00. The van der Waals surface area contributed by atoms with Gasteiger partial charge in [0.25, 0.3) is 10.1 Å². The lowest BCUT2D eigenvalue weighted by atomic mass is 10.4. The van der Waals surface area contributed by atoms with Crippen LogP contribution in [0.1, 0.15) is 17.9 Å². The molecule has 0 spiro atoms. The SMILES string of the molecule is Cn1nnnc1-c1nc2c(n1C(F)F)CNC2.O=S(=O)(O)c1ccccc1. The zero-order valence-corrected chi connectivity index (χ0v) is 14.8. The number of hydrogen-bond donors (Lipinski definition) is 2. The highest BCUT2D eigenvalue weighted by atomic mass is 32.2. The maximum absolute atomic E-state index is 13.1. The third kappa shape index (κ3) is 3.99. The van der Waals surface area contributed by atoms with Crippen molar-refractivity contribution >= 4 is 10.1 Å². The lowest BCUT2D eigenvalue weighted by molar-refractivity contribution is 0.0689. The second-order valence-corrected chi connectivity index (χ2v) is 6.92. The average Bonchev–Trinajstić information content (AvgIpc) is 3.30. The molecule has 27 heavy (non-hydrogen) atoms. The topological polar surface area (TPSA) is 128 Å². The van der Waals surface area contributed by atoms with E-state index in [9.17, 15) is 17.2 Å².